The topological polar surface area (TPSA) is 94.2 Å². The molecule has 2 fully saturated rings. The molecule has 0 saturated carbocycles. The molecular formula is C30H55N5O4. The average Bonchev–Trinajstić information content (AvgIpc) is 2.91. The van der Waals surface area contributed by atoms with E-state index in [0.717, 1.165) is 65.1 Å². The van der Waals surface area contributed by atoms with E-state index in [-0.39, 0.29) is 47.7 Å². The third-order valence-electron chi connectivity index (χ3n) is 8.04. The summed E-state index contributed by atoms with van der Waals surface area (Å²) in [6.45, 7) is 19.9. The first-order chi connectivity index (χ1) is 18.4. The Bertz CT molecular complexity index is 822. The molecule has 0 aromatic carbocycles. The predicted molar refractivity (Wildman–Crippen MR) is 156 cm³/mol. The van der Waals surface area contributed by atoms with Gasteiger partial charge < -0.3 is 20.3 Å². The minimum Gasteiger partial charge on any atom is -0.379 e. The number of nitrogens with one attached hydrogen (secondary N) is 2. The van der Waals surface area contributed by atoms with Crippen molar-refractivity contribution >= 4 is 17.7 Å². The Kier molecular flexibility index (Phi) is 13.9. The first-order valence-corrected chi connectivity index (χ1v) is 15.0. The zero-order valence-corrected chi connectivity index (χ0v) is 25.8. The van der Waals surface area contributed by atoms with Gasteiger partial charge in [-0.1, -0.05) is 40.2 Å². The summed E-state index contributed by atoms with van der Waals surface area (Å²) in [4.78, 5) is 46.2. The van der Waals surface area contributed by atoms with Crippen molar-refractivity contribution in [3.05, 3.63) is 11.6 Å². The maximum atomic E-state index is 13.7. The van der Waals surface area contributed by atoms with Crippen LogP contribution < -0.4 is 10.6 Å². The molecule has 0 spiro atoms. The van der Waals surface area contributed by atoms with Crippen molar-refractivity contribution in [1.82, 2.24) is 25.3 Å². The van der Waals surface area contributed by atoms with Gasteiger partial charge in [0.1, 0.15) is 6.04 Å². The molecule has 2 rings (SSSR count). The van der Waals surface area contributed by atoms with Crippen LogP contribution in [-0.2, 0) is 19.1 Å². The van der Waals surface area contributed by atoms with Gasteiger partial charge in [-0.2, -0.15) is 0 Å². The second-order valence-corrected chi connectivity index (χ2v) is 12.2. The highest BCUT2D eigenvalue weighted by Gasteiger charge is 2.36. The summed E-state index contributed by atoms with van der Waals surface area (Å²) in [7, 11) is 1.78. The van der Waals surface area contributed by atoms with E-state index in [9.17, 15) is 14.4 Å². The van der Waals surface area contributed by atoms with Crippen LogP contribution >= 0.6 is 0 Å². The quantitative estimate of drug-likeness (QED) is 0.271. The van der Waals surface area contributed by atoms with E-state index in [0.29, 0.717) is 12.1 Å². The van der Waals surface area contributed by atoms with Crippen LogP contribution in [0.15, 0.2) is 11.6 Å². The molecule has 1 unspecified atom stereocenters. The van der Waals surface area contributed by atoms with Crippen LogP contribution in [0.3, 0.4) is 0 Å². The maximum Gasteiger partial charge on any atom is 0.246 e. The maximum absolute atomic E-state index is 13.7. The second kappa shape index (κ2) is 16.3. The summed E-state index contributed by atoms with van der Waals surface area (Å²) in [6.07, 6.45) is 5.71. The van der Waals surface area contributed by atoms with E-state index in [1.165, 1.54) is 0 Å². The lowest BCUT2D eigenvalue weighted by molar-refractivity contribution is -0.140. The van der Waals surface area contributed by atoms with Crippen LogP contribution in [0, 0.1) is 11.8 Å². The van der Waals surface area contributed by atoms with Crippen LogP contribution in [0.1, 0.15) is 74.1 Å². The molecule has 3 atom stereocenters. The monoisotopic (exact) mass is 549 g/mol. The van der Waals surface area contributed by atoms with E-state index in [1.807, 2.05) is 33.8 Å². The van der Waals surface area contributed by atoms with Gasteiger partial charge in [0, 0.05) is 38.3 Å². The number of morpholine rings is 1. The standard InChI is InChI=1S/C30H55N5O4/c1-21(2)26(20-24(7)28(36)31-13-11-14-34-16-18-39-19-17-34)33(8)30(38)27(22(3)4)32-29(37)25-12-9-10-15-35(25)23(5)6/h20-23,25-27H,9-19H2,1-8H3,(H,31,36)(H,32,37)/b24-20+/t25-,26-,27?/m1/s1. The molecule has 0 radical (unpaired) electrons. The number of nitrogens with zero attached hydrogens (tertiary/aromatic N) is 3. The lowest BCUT2D eigenvalue weighted by Gasteiger charge is -2.39. The third-order valence-corrected chi connectivity index (χ3v) is 8.04. The molecule has 2 aliphatic heterocycles. The molecule has 9 nitrogen and oxygen atoms in total. The number of likely N-dealkylation sites (tertiary alicyclic amines) is 1. The van der Waals surface area contributed by atoms with E-state index >= 15 is 0 Å². The zero-order valence-electron chi connectivity index (χ0n) is 25.8. The average molecular weight is 550 g/mol. The zero-order chi connectivity index (χ0) is 29.1. The van der Waals surface area contributed by atoms with Crippen molar-refractivity contribution in [3.8, 4) is 0 Å². The van der Waals surface area contributed by atoms with Gasteiger partial charge in [-0.15, -0.1) is 0 Å². The number of hydrogen-bond acceptors (Lipinski definition) is 6. The van der Waals surface area contributed by atoms with Crippen LogP contribution in [0.25, 0.3) is 0 Å². The number of likely N-dealkylation sites (N-methyl/N-ethyl adjacent to an activating group) is 1. The highest BCUT2D eigenvalue weighted by Crippen LogP contribution is 2.21. The Balaban J connectivity index is 2.01. The summed E-state index contributed by atoms with van der Waals surface area (Å²) >= 11 is 0. The van der Waals surface area contributed by atoms with Crippen LogP contribution in [0.2, 0.25) is 0 Å². The van der Waals surface area contributed by atoms with Gasteiger partial charge in [0.15, 0.2) is 0 Å². The molecule has 9 heteroatoms. The molecule has 224 valence electrons. The molecule has 2 saturated heterocycles. The molecule has 39 heavy (non-hydrogen) atoms. The van der Waals surface area contributed by atoms with Crippen molar-refractivity contribution in [2.24, 2.45) is 11.8 Å². The molecule has 2 N–H and O–H groups in total. The fraction of sp³-hybridized carbons (Fsp3) is 0.833. The number of ether oxygens (including phenoxy) is 1. The number of amides is 3. The fourth-order valence-electron chi connectivity index (χ4n) is 5.53. The van der Waals surface area contributed by atoms with Gasteiger partial charge >= 0.3 is 0 Å². The van der Waals surface area contributed by atoms with Gasteiger partial charge in [0.25, 0.3) is 0 Å². The van der Waals surface area contributed by atoms with Crippen LogP contribution in [-0.4, -0.2) is 110 Å². The lowest BCUT2D eigenvalue weighted by Crippen LogP contribution is -2.58. The van der Waals surface area contributed by atoms with Crippen LogP contribution in [0.4, 0.5) is 0 Å². The SMILES string of the molecule is C/C(=C\[C@H](C(C)C)N(C)C(=O)C(NC(=O)[C@H]1CCCCN1C(C)C)C(C)C)C(=O)NCCCN1CCOCC1. The summed E-state index contributed by atoms with van der Waals surface area (Å²) < 4.78 is 5.39. The molecular weight excluding hydrogens is 494 g/mol. The van der Waals surface area contributed by atoms with Gasteiger partial charge in [0.2, 0.25) is 17.7 Å². The summed E-state index contributed by atoms with van der Waals surface area (Å²) in [5, 5.41) is 6.12. The molecule has 0 aromatic rings. The van der Waals surface area contributed by atoms with E-state index in [1.54, 1.807) is 18.9 Å². The number of rotatable bonds is 13. The Morgan fingerprint density at radius 1 is 1.00 bits per heavy atom. The van der Waals surface area contributed by atoms with Crippen molar-refractivity contribution in [3.63, 3.8) is 0 Å². The molecule has 0 aromatic heterocycles. The Morgan fingerprint density at radius 2 is 1.67 bits per heavy atom. The predicted octanol–water partition coefficient (Wildman–Crippen LogP) is 2.66. The number of hydrogen-bond donors (Lipinski definition) is 2. The minimum absolute atomic E-state index is 0.0619. The summed E-state index contributed by atoms with van der Waals surface area (Å²) in [5.41, 5.74) is 0.597. The molecule has 2 aliphatic rings. The van der Waals surface area contributed by atoms with Crippen LogP contribution in [0.5, 0.6) is 0 Å². The third kappa shape index (κ3) is 10.2. The van der Waals surface area contributed by atoms with Gasteiger partial charge in [0.05, 0.1) is 25.3 Å². The smallest absolute Gasteiger partial charge is 0.246 e. The molecule has 0 bridgehead atoms. The van der Waals surface area contributed by atoms with Crippen molar-refractivity contribution < 1.29 is 19.1 Å². The molecule has 0 aliphatic carbocycles. The Hall–Kier alpha value is -1.97. The summed E-state index contributed by atoms with van der Waals surface area (Å²) in [5.74, 6) is -0.260. The van der Waals surface area contributed by atoms with Crippen molar-refractivity contribution in [1.29, 1.82) is 0 Å². The summed E-state index contributed by atoms with van der Waals surface area (Å²) in [6, 6.07) is -0.812. The van der Waals surface area contributed by atoms with E-state index in [2.05, 4.69) is 34.3 Å². The van der Waals surface area contributed by atoms with Crippen molar-refractivity contribution in [2.75, 3.05) is 53.0 Å². The van der Waals surface area contributed by atoms with Gasteiger partial charge in [-0.25, -0.2) is 0 Å². The first kappa shape index (κ1) is 33.2. The number of carbonyl (C=O) groups excluding carboxylic acids is 3. The second-order valence-electron chi connectivity index (χ2n) is 12.2. The normalized spacial score (nSPS) is 21.2. The van der Waals surface area contributed by atoms with Gasteiger partial charge in [-0.05, 0) is 65.0 Å². The lowest BCUT2D eigenvalue weighted by atomic mass is 9.95. The number of piperidine rings is 1. The van der Waals surface area contributed by atoms with Crippen molar-refractivity contribution in [2.45, 2.75) is 98.3 Å². The minimum atomic E-state index is -0.623. The van der Waals surface area contributed by atoms with Gasteiger partial charge in [-0.3, -0.25) is 24.2 Å². The Labute approximate surface area is 237 Å². The highest BCUT2D eigenvalue weighted by molar-refractivity contribution is 5.93. The fourth-order valence-corrected chi connectivity index (χ4v) is 5.53. The van der Waals surface area contributed by atoms with E-state index in [4.69, 9.17) is 4.74 Å². The Morgan fingerprint density at radius 3 is 2.26 bits per heavy atom. The first-order valence-electron chi connectivity index (χ1n) is 15.0. The molecule has 3 amide bonds. The largest absolute Gasteiger partial charge is 0.379 e. The van der Waals surface area contributed by atoms with E-state index < -0.39 is 6.04 Å². The number of carbonyl (C=O) groups is 3. The highest BCUT2D eigenvalue weighted by atomic mass is 16.5. The molecule has 2 heterocycles.